The third-order valence-corrected chi connectivity index (χ3v) is 4.49. The second-order valence-electron chi connectivity index (χ2n) is 6.25. The molecule has 1 aliphatic carbocycles. The van der Waals surface area contributed by atoms with Crippen molar-refractivity contribution < 1.29 is 9.53 Å². The van der Waals surface area contributed by atoms with Crippen LogP contribution in [0.3, 0.4) is 0 Å². The Kier molecular flexibility index (Phi) is 6.91. The van der Waals surface area contributed by atoms with Crippen LogP contribution < -0.4 is 0 Å². The first-order chi connectivity index (χ1) is 8.64. The summed E-state index contributed by atoms with van der Waals surface area (Å²) in [6.07, 6.45) is 11.7. The molecule has 1 rings (SSSR count). The number of ether oxygens (including phenoxy) is 1. The molecule has 1 fully saturated rings. The van der Waals surface area contributed by atoms with Crippen LogP contribution in [-0.2, 0) is 9.53 Å². The molecule has 0 aliphatic heterocycles. The summed E-state index contributed by atoms with van der Waals surface area (Å²) >= 11 is 0. The molecule has 0 N–H and O–H groups in total. The largest absolute Gasteiger partial charge is 0.377 e. The Hall–Kier alpha value is -0.370. The lowest BCUT2D eigenvalue weighted by molar-refractivity contribution is -0.129. The van der Waals surface area contributed by atoms with Gasteiger partial charge in [-0.15, -0.1) is 0 Å². The summed E-state index contributed by atoms with van der Waals surface area (Å²) in [7, 11) is 1.79. The maximum atomic E-state index is 11.4. The summed E-state index contributed by atoms with van der Waals surface area (Å²) in [6.45, 7) is 4.52. The monoisotopic (exact) mass is 254 g/mol. The third-order valence-electron chi connectivity index (χ3n) is 4.49. The summed E-state index contributed by atoms with van der Waals surface area (Å²) in [5.41, 5.74) is -0.141. The van der Waals surface area contributed by atoms with Crippen molar-refractivity contribution in [2.75, 3.05) is 7.11 Å². The first-order valence-electron chi connectivity index (χ1n) is 7.65. The molecule has 0 saturated heterocycles. The van der Waals surface area contributed by atoms with E-state index in [0.29, 0.717) is 0 Å². The van der Waals surface area contributed by atoms with Crippen molar-refractivity contribution in [1.82, 2.24) is 0 Å². The Morgan fingerprint density at radius 1 is 1.11 bits per heavy atom. The van der Waals surface area contributed by atoms with Gasteiger partial charge in [0.2, 0.25) is 0 Å². The molecule has 0 radical (unpaired) electrons. The first kappa shape index (κ1) is 15.7. The molecule has 0 heterocycles. The van der Waals surface area contributed by atoms with E-state index < -0.39 is 0 Å². The molecule has 2 nitrogen and oxygen atoms in total. The number of unbranched alkanes of at least 4 members (excludes halogenated alkanes) is 1. The van der Waals surface area contributed by atoms with E-state index in [-0.39, 0.29) is 11.5 Å². The Bertz CT molecular complexity index is 229. The summed E-state index contributed by atoms with van der Waals surface area (Å²) in [4.78, 5) is 11.4. The molecular weight excluding hydrogens is 224 g/mol. The zero-order valence-corrected chi connectivity index (χ0v) is 12.4. The number of hydrogen-bond acceptors (Lipinski definition) is 2. The van der Waals surface area contributed by atoms with Crippen LogP contribution in [0.25, 0.3) is 0 Å². The average molecular weight is 254 g/mol. The fraction of sp³-hybridized carbons (Fsp3) is 0.938. The van der Waals surface area contributed by atoms with Gasteiger partial charge in [-0.3, -0.25) is 0 Å². The molecular formula is C16H30O2. The molecule has 0 amide bonds. The van der Waals surface area contributed by atoms with Crippen molar-refractivity contribution in [3.05, 3.63) is 0 Å². The lowest BCUT2D eigenvalue weighted by atomic mass is 9.74. The summed E-state index contributed by atoms with van der Waals surface area (Å²) in [6, 6.07) is 0. The van der Waals surface area contributed by atoms with Gasteiger partial charge in [0.05, 0.1) is 5.60 Å². The van der Waals surface area contributed by atoms with E-state index in [0.717, 1.165) is 37.9 Å². The van der Waals surface area contributed by atoms with Crippen molar-refractivity contribution in [1.29, 1.82) is 0 Å². The van der Waals surface area contributed by atoms with Crippen LogP contribution in [0, 0.1) is 11.8 Å². The van der Waals surface area contributed by atoms with Crippen LogP contribution in [0.1, 0.15) is 71.6 Å². The highest BCUT2D eigenvalue weighted by molar-refractivity contribution is 5.55. The van der Waals surface area contributed by atoms with Crippen LogP contribution in [-0.4, -0.2) is 19.0 Å². The van der Waals surface area contributed by atoms with Crippen molar-refractivity contribution in [2.24, 2.45) is 11.8 Å². The SMILES string of the molecule is COC1(C(C=O)CCCCC(C)C)CCCCC1. The molecule has 18 heavy (non-hydrogen) atoms. The summed E-state index contributed by atoms with van der Waals surface area (Å²) in [5, 5.41) is 0. The van der Waals surface area contributed by atoms with Crippen molar-refractivity contribution in [2.45, 2.75) is 77.2 Å². The highest BCUT2D eigenvalue weighted by atomic mass is 16.5. The Morgan fingerprint density at radius 3 is 2.22 bits per heavy atom. The van der Waals surface area contributed by atoms with Gasteiger partial charge in [-0.2, -0.15) is 0 Å². The molecule has 106 valence electrons. The van der Waals surface area contributed by atoms with Crippen molar-refractivity contribution in [3.8, 4) is 0 Å². The Labute approximate surface area is 112 Å². The van der Waals surface area contributed by atoms with Crippen LogP contribution in [0.4, 0.5) is 0 Å². The molecule has 1 aliphatic rings. The van der Waals surface area contributed by atoms with Gasteiger partial charge < -0.3 is 9.53 Å². The smallest absolute Gasteiger partial charge is 0.125 e. The third kappa shape index (κ3) is 4.38. The minimum atomic E-state index is -0.141. The molecule has 2 heteroatoms. The van der Waals surface area contributed by atoms with E-state index in [2.05, 4.69) is 13.8 Å². The normalized spacial score (nSPS) is 20.9. The Morgan fingerprint density at radius 2 is 1.72 bits per heavy atom. The van der Waals surface area contributed by atoms with Gasteiger partial charge in [0, 0.05) is 13.0 Å². The van der Waals surface area contributed by atoms with Gasteiger partial charge in [0.15, 0.2) is 0 Å². The summed E-state index contributed by atoms with van der Waals surface area (Å²) < 4.78 is 5.78. The van der Waals surface area contributed by atoms with Gasteiger partial charge in [-0.25, -0.2) is 0 Å². The Balaban J connectivity index is 2.44. The fourth-order valence-electron chi connectivity index (χ4n) is 3.25. The lowest BCUT2D eigenvalue weighted by Crippen LogP contribution is -2.42. The maximum absolute atomic E-state index is 11.4. The number of hydrogen-bond donors (Lipinski definition) is 0. The molecule has 1 saturated carbocycles. The summed E-state index contributed by atoms with van der Waals surface area (Å²) in [5.74, 6) is 0.876. The van der Waals surface area contributed by atoms with Gasteiger partial charge in [0.1, 0.15) is 6.29 Å². The number of carbonyl (C=O) groups excluding carboxylic acids is 1. The van der Waals surface area contributed by atoms with E-state index in [1.54, 1.807) is 7.11 Å². The topological polar surface area (TPSA) is 26.3 Å². The van der Waals surface area contributed by atoms with Crippen LogP contribution in [0.2, 0.25) is 0 Å². The van der Waals surface area contributed by atoms with Gasteiger partial charge >= 0.3 is 0 Å². The van der Waals surface area contributed by atoms with Gasteiger partial charge in [0.25, 0.3) is 0 Å². The minimum absolute atomic E-state index is 0.106. The first-order valence-corrected chi connectivity index (χ1v) is 7.65. The number of aldehydes is 1. The number of carbonyl (C=O) groups is 1. The quantitative estimate of drug-likeness (QED) is 0.475. The van der Waals surface area contributed by atoms with Gasteiger partial charge in [-0.1, -0.05) is 52.4 Å². The lowest BCUT2D eigenvalue weighted by Gasteiger charge is -2.40. The van der Waals surface area contributed by atoms with Crippen LogP contribution >= 0.6 is 0 Å². The molecule has 0 aromatic heterocycles. The molecule has 0 spiro atoms. The number of rotatable bonds is 8. The van der Waals surface area contributed by atoms with Crippen molar-refractivity contribution in [3.63, 3.8) is 0 Å². The predicted octanol–water partition coefficient (Wildman–Crippen LogP) is 4.37. The molecule has 0 aromatic carbocycles. The average Bonchev–Trinajstić information content (AvgIpc) is 2.39. The second-order valence-corrected chi connectivity index (χ2v) is 6.25. The highest BCUT2D eigenvalue weighted by Crippen LogP contribution is 2.38. The van der Waals surface area contributed by atoms with E-state index in [1.807, 2.05) is 0 Å². The molecule has 0 bridgehead atoms. The maximum Gasteiger partial charge on any atom is 0.125 e. The minimum Gasteiger partial charge on any atom is -0.377 e. The zero-order chi connectivity index (χ0) is 13.4. The van der Waals surface area contributed by atoms with E-state index >= 15 is 0 Å². The second kappa shape index (κ2) is 7.93. The van der Waals surface area contributed by atoms with Crippen LogP contribution in [0.15, 0.2) is 0 Å². The number of methoxy groups -OCH3 is 1. The van der Waals surface area contributed by atoms with E-state index in [9.17, 15) is 4.79 Å². The van der Waals surface area contributed by atoms with Gasteiger partial charge in [-0.05, 0) is 25.2 Å². The standard InChI is InChI=1S/C16H30O2/c1-14(2)9-5-6-10-15(13-17)16(18-3)11-7-4-8-12-16/h13-15H,4-12H2,1-3H3. The zero-order valence-electron chi connectivity index (χ0n) is 12.4. The van der Waals surface area contributed by atoms with Crippen molar-refractivity contribution >= 4 is 6.29 Å². The molecule has 1 unspecified atom stereocenters. The highest BCUT2D eigenvalue weighted by Gasteiger charge is 2.39. The fourth-order valence-corrected chi connectivity index (χ4v) is 3.25. The predicted molar refractivity (Wildman–Crippen MR) is 75.7 cm³/mol. The molecule has 1 atom stereocenters. The van der Waals surface area contributed by atoms with E-state index in [1.165, 1.54) is 32.1 Å². The molecule has 0 aromatic rings. The van der Waals surface area contributed by atoms with E-state index in [4.69, 9.17) is 4.74 Å². The van der Waals surface area contributed by atoms with Crippen LogP contribution in [0.5, 0.6) is 0 Å².